The first-order valence-electron chi connectivity index (χ1n) is 21.9. The van der Waals surface area contributed by atoms with E-state index in [1.807, 2.05) is 0 Å². The number of hydrogen-bond acceptors (Lipinski definition) is 2. The van der Waals surface area contributed by atoms with Crippen LogP contribution in [0.2, 0.25) is 0 Å². The topological polar surface area (TPSA) is 6.48 Å². The number of anilines is 6. The highest BCUT2D eigenvalue weighted by molar-refractivity contribution is 6.22. The van der Waals surface area contributed by atoms with E-state index in [-0.39, 0.29) is 0 Å². The average Bonchev–Trinajstić information content (AvgIpc) is 3.37. The van der Waals surface area contributed by atoms with Crippen LogP contribution in [0.3, 0.4) is 0 Å². The van der Waals surface area contributed by atoms with Crippen LogP contribution in [-0.2, 0) is 0 Å². The molecular formula is C62H44N2. The van der Waals surface area contributed by atoms with Crippen LogP contribution in [0.4, 0.5) is 34.1 Å². The molecule has 11 aromatic rings. The molecule has 0 saturated carbocycles. The fraction of sp³-hybridized carbons (Fsp3) is 0. The third-order valence-electron chi connectivity index (χ3n) is 12.2. The van der Waals surface area contributed by atoms with Crippen LogP contribution in [0.25, 0.3) is 66.1 Å². The van der Waals surface area contributed by atoms with Crippen molar-refractivity contribution in [3.05, 3.63) is 267 Å². The van der Waals surface area contributed by atoms with Gasteiger partial charge in [0.2, 0.25) is 0 Å². The lowest BCUT2D eigenvalue weighted by Gasteiger charge is -2.28. The number of hydrogen-bond donors (Lipinski definition) is 0. The van der Waals surface area contributed by atoms with Crippen molar-refractivity contribution in [2.45, 2.75) is 0 Å². The van der Waals surface area contributed by atoms with E-state index in [0.29, 0.717) is 0 Å². The lowest BCUT2D eigenvalue weighted by atomic mass is 9.85. The fourth-order valence-electron chi connectivity index (χ4n) is 9.27. The Morgan fingerprint density at radius 3 is 0.812 bits per heavy atom. The second-order valence-corrected chi connectivity index (χ2v) is 16.1. The van der Waals surface area contributed by atoms with Gasteiger partial charge in [-0.15, -0.1) is 0 Å². The Hall–Kier alpha value is -8.46. The van der Waals surface area contributed by atoms with E-state index in [2.05, 4.69) is 277 Å². The van der Waals surface area contributed by atoms with Gasteiger partial charge in [-0.25, -0.2) is 0 Å². The first-order chi connectivity index (χ1) is 31.8. The number of para-hydroxylation sites is 2. The standard InChI is InChI=1S/C62H44N2/c1-7-21-45(22-8-1)49-29-19-35-53(41-49)63(51-31-15-5-16-32-51)55-37-39-57-59(43-55)61(47-25-11-3-12-26-47)58-40-38-56(44-60(58)62(57)48-27-13-4-14-28-48)64(52-33-17-6-18-34-52)54-36-20-30-50(42-54)46-23-9-2-10-24-46/h1-44H. The molecule has 0 spiro atoms. The largest absolute Gasteiger partial charge is 0.310 e. The third kappa shape index (κ3) is 7.38. The molecule has 11 rings (SSSR count). The Morgan fingerprint density at radius 1 is 0.172 bits per heavy atom. The summed E-state index contributed by atoms with van der Waals surface area (Å²) < 4.78 is 0. The van der Waals surface area contributed by atoms with Gasteiger partial charge in [0.15, 0.2) is 0 Å². The second-order valence-electron chi connectivity index (χ2n) is 16.1. The maximum Gasteiger partial charge on any atom is 0.0468 e. The van der Waals surface area contributed by atoms with Gasteiger partial charge in [0.1, 0.15) is 0 Å². The molecule has 2 heteroatoms. The maximum atomic E-state index is 2.41. The van der Waals surface area contributed by atoms with E-state index in [0.717, 1.165) is 34.1 Å². The average molecular weight is 817 g/mol. The smallest absolute Gasteiger partial charge is 0.0468 e. The summed E-state index contributed by atoms with van der Waals surface area (Å²) in [6.45, 7) is 0. The molecule has 0 fully saturated rings. The number of fused-ring (bicyclic) bond motifs is 2. The van der Waals surface area contributed by atoms with Crippen molar-refractivity contribution in [2.75, 3.05) is 9.80 Å². The van der Waals surface area contributed by atoms with Crippen molar-refractivity contribution < 1.29 is 0 Å². The second kappa shape index (κ2) is 17.1. The highest BCUT2D eigenvalue weighted by Crippen LogP contribution is 2.48. The molecule has 0 heterocycles. The predicted octanol–water partition coefficient (Wildman–Crippen LogP) is 17.6. The van der Waals surface area contributed by atoms with Gasteiger partial charge in [-0.3, -0.25) is 0 Å². The molecule has 0 aromatic heterocycles. The minimum atomic E-state index is 1.09. The molecule has 0 amide bonds. The summed E-state index contributed by atoms with van der Waals surface area (Å²) in [5.41, 5.74) is 16.1. The molecule has 0 unspecified atom stereocenters. The molecule has 302 valence electrons. The molecule has 11 aromatic carbocycles. The van der Waals surface area contributed by atoms with Gasteiger partial charge in [0.25, 0.3) is 0 Å². The van der Waals surface area contributed by atoms with Gasteiger partial charge in [0.05, 0.1) is 0 Å². The van der Waals surface area contributed by atoms with Gasteiger partial charge in [-0.1, -0.05) is 194 Å². The van der Waals surface area contributed by atoms with Crippen molar-refractivity contribution in [1.29, 1.82) is 0 Å². The first-order valence-corrected chi connectivity index (χ1v) is 21.9. The van der Waals surface area contributed by atoms with Gasteiger partial charge in [-0.05, 0) is 139 Å². The van der Waals surface area contributed by atoms with Crippen molar-refractivity contribution in [1.82, 2.24) is 0 Å². The minimum absolute atomic E-state index is 1.09. The number of benzene rings is 11. The molecule has 0 atom stereocenters. The van der Waals surface area contributed by atoms with Crippen LogP contribution in [0.1, 0.15) is 0 Å². The summed E-state index contributed by atoms with van der Waals surface area (Å²) in [7, 11) is 0. The minimum Gasteiger partial charge on any atom is -0.310 e. The Labute approximate surface area is 375 Å². The zero-order valence-electron chi connectivity index (χ0n) is 35.3. The molecule has 0 aliphatic heterocycles. The van der Waals surface area contributed by atoms with Crippen LogP contribution in [0, 0.1) is 0 Å². The van der Waals surface area contributed by atoms with Gasteiger partial charge < -0.3 is 9.80 Å². The van der Waals surface area contributed by atoms with E-state index < -0.39 is 0 Å². The highest BCUT2D eigenvalue weighted by Gasteiger charge is 2.22. The van der Waals surface area contributed by atoms with Crippen LogP contribution in [0.15, 0.2) is 267 Å². The van der Waals surface area contributed by atoms with Crippen molar-refractivity contribution in [3.8, 4) is 44.5 Å². The van der Waals surface area contributed by atoms with E-state index in [9.17, 15) is 0 Å². The van der Waals surface area contributed by atoms with E-state index in [1.54, 1.807) is 0 Å². The zero-order chi connectivity index (χ0) is 42.7. The summed E-state index contributed by atoms with van der Waals surface area (Å²) in [6.07, 6.45) is 0. The Balaban J connectivity index is 1.17. The molecule has 2 nitrogen and oxygen atoms in total. The van der Waals surface area contributed by atoms with Gasteiger partial charge in [-0.2, -0.15) is 0 Å². The Morgan fingerprint density at radius 2 is 0.453 bits per heavy atom. The zero-order valence-corrected chi connectivity index (χ0v) is 35.3. The molecule has 0 radical (unpaired) electrons. The normalized spacial score (nSPS) is 11.1. The van der Waals surface area contributed by atoms with Crippen molar-refractivity contribution in [2.24, 2.45) is 0 Å². The van der Waals surface area contributed by atoms with Gasteiger partial charge >= 0.3 is 0 Å². The lowest BCUT2D eigenvalue weighted by molar-refractivity contribution is 1.29. The van der Waals surface area contributed by atoms with Gasteiger partial charge in [0, 0.05) is 34.1 Å². The van der Waals surface area contributed by atoms with E-state index in [4.69, 9.17) is 0 Å². The summed E-state index contributed by atoms with van der Waals surface area (Å²) >= 11 is 0. The van der Waals surface area contributed by atoms with Crippen LogP contribution in [-0.4, -0.2) is 0 Å². The van der Waals surface area contributed by atoms with Crippen molar-refractivity contribution >= 4 is 55.7 Å². The SMILES string of the molecule is c1ccc(-c2cccc(N(c3ccccc3)c3ccc4c(-c5ccccc5)c5cc(N(c6ccccc6)c6cccc(-c7ccccc7)c6)ccc5c(-c5ccccc5)c4c3)c2)cc1. The monoisotopic (exact) mass is 816 g/mol. The summed E-state index contributed by atoms with van der Waals surface area (Å²) in [6, 6.07) is 96.4. The van der Waals surface area contributed by atoms with Crippen LogP contribution >= 0.6 is 0 Å². The highest BCUT2D eigenvalue weighted by atomic mass is 15.1. The molecule has 0 bridgehead atoms. The molecule has 0 aliphatic carbocycles. The Kier molecular flexibility index (Phi) is 10.3. The maximum absolute atomic E-state index is 2.41. The van der Waals surface area contributed by atoms with E-state index in [1.165, 1.54) is 66.1 Å². The van der Waals surface area contributed by atoms with Crippen LogP contribution in [0.5, 0.6) is 0 Å². The molecule has 0 aliphatic rings. The quantitative estimate of drug-likeness (QED) is 0.127. The molecule has 64 heavy (non-hydrogen) atoms. The molecule has 0 saturated heterocycles. The predicted molar refractivity (Wildman–Crippen MR) is 273 cm³/mol. The van der Waals surface area contributed by atoms with Crippen LogP contribution < -0.4 is 9.80 Å². The van der Waals surface area contributed by atoms with Crippen molar-refractivity contribution in [3.63, 3.8) is 0 Å². The summed E-state index contributed by atoms with van der Waals surface area (Å²) in [4.78, 5) is 4.77. The summed E-state index contributed by atoms with van der Waals surface area (Å²) in [5.74, 6) is 0. The first kappa shape index (κ1) is 38.5. The lowest BCUT2D eigenvalue weighted by Crippen LogP contribution is -2.10. The molecular weight excluding hydrogens is 773 g/mol. The fourth-order valence-corrected chi connectivity index (χ4v) is 9.27. The number of rotatable bonds is 10. The molecule has 0 N–H and O–H groups in total. The Bertz CT molecular complexity index is 3120. The number of nitrogens with zero attached hydrogens (tertiary/aromatic N) is 2. The third-order valence-corrected chi connectivity index (χ3v) is 12.2. The summed E-state index contributed by atoms with van der Waals surface area (Å²) in [5, 5.41) is 4.78. The van der Waals surface area contributed by atoms with E-state index >= 15 is 0 Å².